The highest BCUT2D eigenvalue weighted by molar-refractivity contribution is 7.80. The zero-order chi connectivity index (χ0) is 13.7. The number of carbonyl (C=O) groups is 1. The Morgan fingerprint density at radius 2 is 2.16 bits per heavy atom. The predicted molar refractivity (Wildman–Crippen MR) is 81.0 cm³/mol. The molecule has 19 heavy (non-hydrogen) atoms. The van der Waals surface area contributed by atoms with Crippen molar-refractivity contribution >= 4 is 39.8 Å². The molecule has 2 N–H and O–H groups in total. The molecule has 0 atom stereocenters. The third-order valence-corrected chi connectivity index (χ3v) is 2.83. The molecule has 0 aliphatic carbocycles. The SMILES string of the molecule is CCCC(=O)NC(=S)Nc1cccc2ncccc12. The van der Waals surface area contributed by atoms with Crippen LogP contribution in [0, 0.1) is 0 Å². The summed E-state index contributed by atoms with van der Waals surface area (Å²) in [6.45, 7) is 1.95. The molecule has 0 aliphatic heterocycles. The number of aromatic nitrogens is 1. The van der Waals surface area contributed by atoms with Crippen molar-refractivity contribution in [2.24, 2.45) is 0 Å². The summed E-state index contributed by atoms with van der Waals surface area (Å²) in [6.07, 6.45) is 3.01. The first-order chi connectivity index (χ1) is 9.20. The lowest BCUT2D eigenvalue weighted by Crippen LogP contribution is -2.33. The van der Waals surface area contributed by atoms with Crippen LogP contribution in [0.25, 0.3) is 10.9 Å². The van der Waals surface area contributed by atoms with Crippen LogP contribution in [-0.4, -0.2) is 16.0 Å². The van der Waals surface area contributed by atoms with Gasteiger partial charge in [-0.05, 0) is 42.9 Å². The second-order valence-electron chi connectivity index (χ2n) is 4.13. The van der Waals surface area contributed by atoms with Crippen LogP contribution in [-0.2, 0) is 4.79 Å². The molecular weight excluding hydrogens is 258 g/mol. The molecule has 0 spiro atoms. The molecule has 1 heterocycles. The number of rotatable bonds is 3. The van der Waals surface area contributed by atoms with E-state index < -0.39 is 0 Å². The van der Waals surface area contributed by atoms with Crippen LogP contribution in [0.2, 0.25) is 0 Å². The maximum Gasteiger partial charge on any atom is 0.226 e. The first-order valence-electron chi connectivity index (χ1n) is 6.15. The third kappa shape index (κ3) is 3.48. The molecule has 0 fully saturated rings. The molecule has 98 valence electrons. The van der Waals surface area contributed by atoms with Gasteiger partial charge in [-0.3, -0.25) is 9.78 Å². The minimum absolute atomic E-state index is 0.0710. The molecule has 2 aromatic rings. The summed E-state index contributed by atoms with van der Waals surface area (Å²) in [5, 5.41) is 6.97. The van der Waals surface area contributed by atoms with Crippen molar-refractivity contribution in [3.8, 4) is 0 Å². The molecule has 0 radical (unpaired) electrons. The second kappa shape index (κ2) is 6.24. The van der Waals surface area contributed by atoms with E-state index in [4.69, 9.17) is 12.2 Å². The van der Waals surface area contributed by atoms with Crippen molar-refractivity contribution < 1.29 is 4.79 Å². The van der Waals surface area contributed by atoms with Crippen molar-refractivity contribution in [1.29, 1.82) is 0 Å². The molecular formula is C14H15N3OS. The molecule has 0 aliphatic rings. The first-order valence-corrected chi connectivity index (χ1v) is 6.56. The van der Waals surface area contributed by atoms with Crippen LogP contribution in [0.4, 0.5) is 5.69 Å². The fourth-order valence-corrected chi connectivity index (χ4v) is 2.01. The van der Waals surface area contributed by atoms with Gasteiger partial charge >= 0.3 is 0 Å². The van der Waals surface area contributed by atoms with Gasteiger partial charge in [-0.15, -0.1) is 0 Å². The summed E-state index contributed by atoms with van der Waals surface area (Å²) in [5.41, 5.74) is 1.72. The van der Waals surface area contributed by atoms with Gasteiger partial charge in [0.15, 0.2) is 5.11 Å². The average molecular weight is 273 g/mol. The summed E-state index contributed by atoms with van der Waals surface area (Å²) in [6, 6.07) is 9.56. The van der Waals surface area contributed by atoms with Crippen LogP contribution in [0.5, 0.6) is 0 Å². The van der Waals surface area contributed by atoms with Crippen LogP contribution >= 0.6 is 12.2 Å². The van der Waals surface area contributed by atoms with Crippen molar-refractivity contribution in [3.05, 3.63) is 36.5 Å². The lowest BCUT2D eigenvalue weighted by atomic mass is 10.2. The maximum absolute atomic E-state index is 11.5. The van der Waals surface area contributed by atoms with Crippen molar-refractivity contribution in [2.75, 3.05) is 5.32 Å². The molecule has 1 aromatic carbocycles. The third-order valence-electron chi connectivity index (χ3n) is 2.62. The van der Waals surface area contributed by atoms with E-state index in [0.717, 1.165) is 23.0 Å². The van der Waals surface area contributed by atoms with Crippen LogP contribution in [0.3, 0.4) is 0 Å². The summed E-state index contributed by atoms with van der Waals surface area (Å²) in [7, 11) is 0. The normalized spacial score (nSPS) is 10.2. The highest BCUT2D eigenvalue weighted by Crippen LogP contribution is 2.20. The fourth-order valence-electron chi connectivity index (χ4n) is 1.78. The average Bonchev–Trinajstić information content (AvgIpc) is 2.39. The Bertz CT molecular complexity index is 607. The summed E-state index contributed by atoms with van der Waals surface area (Å²) in [5.74, 6) is -0.0710. The van der Waals surface area contributed by atoms with E-state index in [2.05, 4.69) is 15.6 Å². The van der Waals surface area contributed by atoms with Crippen LogP contribution in [0.1, 0.15) is 19.8 Å². The molecule has 0 unspecified atom stereocenters. The quantitative estimate of drug-likeness (QED) is 0.844. The number of pyridine rings is 1. The Hall–Kier alpha value is -2.01. The van der Waals surface area contributed by atoms with Gasteiger partial charge in [0.2, 0.25) is 5.91 Å². The molecule has 2 rings (SSSR count). The van der Waals surface area contributed by atoms with Gasteiger partial charge in [0.1, 0.15) is 0 Å². The fraction of sp³-hybridized carbons (Fsp3) is 0.214. The van der Waals surface area contributed by atoms with Crippen molar-refractivity contribution in [2.45, 2.75) is 19.8 Å². The molecule has 5 heteroatoms. The molecule has 1 aromatic heterocycles. The van der Waals surface area contributed by atoms with Gasteiger partial charge in [-0.1, -0.05) is 13.0 Å². The van der Waals surface area contributed by atoms with E-state index in [-0.39, 0.29) is 5.91 Å². The van der Waals surface area contributed by atoms with E-state index in [1.807, 2.05) is 37.3 Å². The Balaban J connectivity index is 2.13. The number of anilines is 1. The number of thiocarbonyl (C=S) groups is 1. The van der Waals surface area contributed by atoms with Crippen LogP contribution < -0.4 is 10.6 Å². The number of carbonyl (C=O) groups excluding carboxylic acids is 1. The Labute approximate surface area is 117 Å². The monoisotopic (exact) mass is 273 g/mol. The Morgan fingerprint density at radius 3 is 2.95 bits per heavy atom. The standard InChI is InChI=1S/C14H15N3OS/c1-2-5-13(18)17-14(19)16-12-8-3-7-11-10(12)6-4-9-15-11/h3-4,6-9H,2,5H2,1H3,(H2,16,17,18,19). The van der Waals surface area contributed by atoms with Gasteiger partial charge in [-0.2, -0.15) is 0 Å². The topological polar surface area (TPSA) is 54.0 Å². The van der Waals surface area contributed by atoms with E-state index in [0.29, 0.717) is 11.5 Å². The Kier molecular flexibility index (Phi) is 4.41. The minimum atomic E-state index is -0.0710. The molecule has 4 nitrogen and oxygen atoms in total. The zero-order valence-corrected chi connectivity index (χ0v) is 11.5. The van der Waals surface area contributed by atoms with E-state index in [1.54, 1.807) is 6.20 Å². The maximum atomic E-state index is 11.5. The van der Waals surface area contributed by atoms with Gasteiger partial charge in [-0.25, -0.2) is 0 Å². The van der Waals surface area contributed by atoms with E-state index >= 15 is 0 Å². The number of benzene rings is 1. The lowest BCUT2D eigenvalue weighted by Gasteiger charge is -2.11. The number of amides is 1. The zero-order valence-electron chi connectivity index (χ0n) is 10.6. The van der Waals surface area contributed by atoms with Gasteiger partial charge in [0.25, 0.3) is 0 Å². The van der Waals surface area contributed by atoms with E-state index in [9.17, 15) is 4.79 Å². The number of nitrogens with zero attached hydrogens (tertiary/aromatic N) is 1. The summed E-state index contributed by atoms with van der Waals surface area (Å²) < 4.78 is 0. The van der Waals surface area contributed by atoms with E-state index in [1.165, 1.54) is 0 Å². The van der Waals surface area contributed by atoms with Crippen LogP contribution in [0.15, 0.2) is 36.5 Å². The summed E-state index contributed by atoms with van der Waals surface area (Å²) >= 11 is 5.13. The molecule has 0 saturated heterocycles. The van der Waals surface area contributed by atoms with Gasteiger partial charge in [0.05, 0.1) is 5.52 Å². The molecule has 1 amide bonds. The second-order valence-corrected chi connectivity index (χ2v) is 4.54. The summed E-state index contributed by atoms with van der Waals surface area (Å²) in [4.78, 5) is 15.7. The number of hydrogen-bond donors (Lipinski definition) is 2. The number of fused-ring (bicyclic) bond motifs is 1. The van der Waals surface area contributed by atoms with Crippen molar-refractivity contribution in [1.82, 2.24) is 10.3 Å². The smallest absolute Gasteiger partial charge is 0.226 e. The molecule has 0 saturated carbocycles. The van der Waals surface area contributed by atoms with Gasteiger partial charge < -0.3 is 10.6 Å². The van der Waals surface area contributed by atoms with Crippen molar-refractivity contribution in [3.63, 3.8) is 0 Å². The minimum Gasteiger partial charge on any atom is -0.332 e. The highest BCUT2D eigenvalue weighted by atomic mass is 32.1. The highest BCUT2D eigenvalue weighted by Gasteiger charge is 2.06. The first kappa shape index (κ1) is 13.4. The lowest BCUT2D eigenvalue weighted by molar-refractivity contribution is -0.119. The largest absolute Gasteiger partial charge is 0.332 e. The van der Waals surface area contributed by atoms with Gasteiger partial charge in [0, 0.05) is 23.7 Å². The number of nitrogens with one attached hydrogen (secondary N) is 2. The Morgan fingerprint density at radius 1 is 1.32 bits per heavy atom. The molecule has 0 bridgehead atoms. The predicted octanol–water partition coefficient (Wildman–Crippen LogP) is 2.85. The number of hydrogen-bond acceptors (Lipinski definition) is 3.